The summed E-state index contributed by atoms with van der Waals surface area (Å²) < 4.78 is 37.5. The van der Waals surface area contributed by atoms with Crippen molar-refractivity contribution in [1.82, 2.24) is 6.15 Å². The fraction of sp³-hybridized carbons (Fsp3) is 0.333. The zero-order valence-electron chi connectivity index (χ0n) is 12.3. The third-order valence-corrected chi connectivity index (χ3v) is 3.47. The van der Waals surface area contributed by atoms with Gasteiger partial charge in [-0.3, -0.25) is 4.18 Å². The van der Waals surface area contributed by atoms with Gasteiger partial charge >= 0.3 is 0 Å². The summed E-state index contributed by atoms with van der Waals surface area (Å²) in [5.74, 6) is -0.145. The minimum atomic E-state index is -4.74. The number of rotatable bonds is 9. The van der Waals surface area contributed by atoms with E-state index in [-0.39, 0.29) is 12.1 Å². The Labute approximate surface area is 126 Å². The first-order chi connectivity index (χ1) is 9.46. The van der Waals surface area contributed by atoms with Crippen LogP contribution in [0.2, 0.25) is 0 Å². The van der Waals surface area contributed by atoms with E-state index in [1.165, 1.54) is 0 Å². The molecule has 1 atom stereocenters. The smallest absolute Gasteiger partial charge is 0.217 e. The molecule has 0 aliphatic heterocycles. The van der Waals surface area contributed by atoms with Gasteiger partial charge in [-0.05, 0) is 24.3 Å². The molecule has 0 fully saturated rings. The highest BCUT2D eigenvalue weighted by atomic mass is 32.3. The van der Waals surface area contributed by atoms with Crippen molar-refractivity contribution < 1.29 is 17.2 Å². The Morgan fingerprint density at radius 2 is 1.67 bits per heavy atom. The Balaban J connectivity index is 0.00000400. The maximum atomic E-state index is 10.9. The van der Waals surface area contributed by atoms with Gasteiger partial charge in [-0.15, -0.1) is 13.2 Å². The van der Waals surface area contributed by atoms with Gasteiger partial charge in [0.15, 0.2) is 0 Å². The van der Waals surface area contributed by atoms with Gasteiger partial charge in [0.1, 0.15) is 0 Å². The van der Waals surface area contributed by atoms with E-state index in [0.717, 1.165) is 5.56 Å². The van der Waals surface area contributed by atoms with Crippen LogP contribution < -0.4 is 6.15 Å². The Kier molecular flexibility index (Phi) is 8.80. The molecule has 0 aliphatic carbocycles. The standard InChI is InChI=1S/C15H20O4S.H3N/c1-3-8-14(9-4-2)15(19-20(16,17)18)12-13-10-6-5-7-11-13;/h3-7,10-11,14-15H,1-2,8-9,12H2,(H,16,17,18);1H3. The first-order valence-corrected chi connectivity index (χ1v) is 7.69. The van der Waals surface area contributed by atoms with Crippen LogP contribution in [0, 0.1) is 5.92 Å². The van der Waals surface area contributed by atoms with Crippen LogP contribution >= 0.6 is 0 Å². The number of allylic oxidation sites excluding steroid dienone is 2. The lowest BCUT2D eigenvalue weighted by atomic mass is 9.90. The van der Waals surface area contributed by atoms with Crippen molar-refractivity contribution in [3.05, 3.63) is 61.2 Å². The number of benzene rings is 1. The van der Waals surface area contributed by atoms with Crippen molar-refractivity contribution >= 4 is 10.4 Å². The second kappa shape index (κ2) is 9.46. The lowest BCUT2D eigenvalue weighted by Gasteiger charge is -2.26. The quantitative estimate of drug-likeness (QED) is 0.429. The topological polar surface area (TPSA) is 103 Å². The molecule has 1 aromatic rings. The average Bonchev–Trinajstić information content (AvgIpc) is 2.37. The first-order valence-electron chi connectivity index (χ1n) is 6.36. The van der Waals surface area contributed by atoms with Gasteiger partial charge in [0.05, 0.1) is 6.10 Å². The summed E-state index contributed by atoms with van der Waals surface area (Å²) in [4.78, 5) is 0. The number of hydrogen-bond donors (Lipinski definition) is 1. The van der Waals surface area contributed by atoms with Crippen molar-refractivity contribution in [2.75, 3.05) is 0 Å². The van der Waals surface area contributed by atoms with Gasteiger partial charge in [0.2, 0.25) is 10.4 Å². The van der Waals surface area contributed by atoms with Crippen LogP contribution in [-0.4, -0.2) is 19.1 Å². The van der Waals surface area contributed by atoms with Crippen molar-refractivity contribution in [3.8, 4) is 0 Å². The summed E-state index contributed by atoms with van der Waals surface area (Å²) in [5, 5.41) is 0. The fourth-order valence-corrected chi connectivity index (χ4v) is 2.63. The predicted molar refractivity (Wildman–Crippen MR) is 83.8 cm³/mol. The Morgan fingerprint density at radius 3 is 2.10 bits per heavy atom. The van der Waals surface area contributed by atoms with Crippen molar-refractivity contribution in [3.63, 3.8) is 0 Å². The normalized spacial score (nSPS) is 12.5. The van der Waals surface area contributed by atoms with E-state index in [4.69, 9.17) is 4.18 Å². The van der Waals surface area contributed by atoms with Gasteiger partial charge < -0.3 is 10.7 Å². The molecule has 6 heteroatoms. The summed E-state index contributed by atoms with van der Waals surface area (Å²) in [7, 11) is -4.74. The van der Waals surface area contributed by atoms with E-state index in [9.17, 15) is 13.0 Å². The third-order valence-electron chi connectivity index (χ3n) is 2.99. The molecule has 21 heavy (non-hydrogen) atoms. The zero-order valence-corrected chi connectivity index (χ0v) is 13.1. The molecule has 5 nitrogen and oxygen atoms in total. The van der Waals surface area contributed by atoms with Crippen LogP contribution in [-0.2, 0) is 21.0 Å². The highest BCUT2D eigenvalue weighted by molar-refractivity contribution is 7.80. The summed E-state index contributed by atoms with van der Waals surface area (Å²) in [5.41, 5.74) is 0.916. The van der Waals surface area contributed by atoms with Crippen LogP contribution in [0.5, 0.6) is 0 Å². The molecular weight excluding hydrogens is 290 g/mol. The van der Waals surface area contributed by atoms with E-state index in [1.54, 1.807) is 12.2 Å². The largest absolute Gasteiger partial charge is 0.726 e. The van der Waals surface area contributed by atoms with E-state index < -0.39 is 16.5 Å². The molecule has 0 heterocycles. The molecule has 0 amide bonds. The van der Waals surface area contributed by atoms with Crippen molar-refractivity contribution in [2.24, 2.45) is 5.92 Å². The maximum absolute atomic E-state index is 10.9. The highest BCUT2D eigenvalue weighted by Gasteiger charge is 2.23. The minimum Gasteiger partial charge on any atom is -0.726 e. The second-order valence-electron chi connectivity index (χ2n) is 4.54. The molecule has 0 spiro atoms. The molecule has 1 unspecified atom stereocenters. The lowest BCUT2D eigenvalue weighted by Crippen LogP contribution is -2.29. The van der Waals surface area contributed by atoms with Crippen LogP contribution in [0.4, 0.5) is 0 Å². The van der Waals surface area contributed by atoms with Gasteiger partial charge in [-0.25, -0.2) is 8.42 Å². The molecular formula is C15H23NO4S. The molecule has 0 aliphatic rings. The molecule has 0 aromatic heterocycles. The Morgan fingerprint density at radius 1 is 1.14 bits per heavy atom. The summed E-state index contributed by atoms with van der Waals surface area (Å²) in [6.45, 7) is 7.30. The SMILES string of the molecule is C=CCC(CC=C)C(Cc1ccccc1)OS(=O)(=O)[O-].[NH4+]. The summed E-state index contributed by atoms with van der Waals surface area (Å²) >= 11 is 0. The average molecular weight is 313 g/mol. The fourth-order valence-electron chi connectivity index (χ4n) is 2.10. The van der Waals surface area contributed by atoms with Gasteiger partial charge in [-0.1, -0.05) is 42.5 Å². The minimum absolute atomic E-state index is 0. The van der Waals surface area contributed by atoms with Crippen LogP contribution in [0.3, 0.4) is 0 Å². The molecule has 0 bridgehead atoms. The Bertz CT molecular complexity index is 518. The summed E-state index contributed by atoms with van der Waals surface area (Å²) in [6, 6.07) is 9.32. The van der Waals surface area contributed by atoms with Crippen molar-refractivity contribution in [1.29, 1.82) is 0 Å². The molecule has 4 N–H and O–H groups in total. The molecule has 0 radical (unpaired) electrons. The van der Waals surface area contributed by atoms with E-state index in [0.29, 0.717) is 19.3 Å². The van der Waals surface area contributed by atoms with Gasteiger partial charge in [-0.2, -0.15) is 0 Å². The maximum Gasteiger partial charge on any atom is 0.217 e. The van der Waals surface area contributed by atoms with E-state index >= 15 is 0 Å². The zero-order chi connectivity index (χ0) is 15.0. The van der Waals surface area contributed by atoms with Crippen molar-refractivity contribution in [2.45, 2.75) is 25.4 Å². The third kappa shape index (κ3) is 7.77. The highest BCUT2D eigenvalue weighted by Crippen LogP contribution is 2.23. The molecule has 1 aromatic carbocycles. The van der Waals surface area contributed by atoms with Crippen LogP contribution in [0.1, 0.15) is 18.4 Å². The Hall–Kier alpha value is -1.47. The second-order valence-corrected chi connectivity index (χ2v) is 5.55. The first kappa shape index (κ1) is 19.5. The van der Waals surface area contributed by atoms with Crippen LogP contribution in [0.15, 0.2) is 55.6 Å². The number of quaternary nitrogens is 1. The molecule has 0 saturated carbocycles. The van der Waals surface area contributed by atoms with E-state index in [2.05, 4.69) is 13.2 Å². The van der Waals surface area contributed by atoms with E-state index in [1.807, 2.05) is 30.3 Å². The van der Waals surface area contributed by atoms with Gasteiger partial charge in [0.25, 0.3) is 0 Å². The molecule has 0 saturated heterocycles. The molecule has 118 valence electrons. The monoisotopic (exact) mass is 313 g/mol. The lowest BCUT2D eigenvalue weighted by molar-refractivity contribution is 0.122. The summed E-state index contributed by atoms with van der Waals surface area (Å²) in [6.07, 6.45) is 4.13. The van der Waals surface area contributed by atoms with Crippen LogP contribution in [0.25, 0.3) is 0 Å². The predicted octanol–water partition coefficient (Wildman–Crippen LogP) is 3.22. The number of hydrogen-bond acceptors (Lipinski definition) is 4. The van der Waals surface area contributed by atoms with Gasteiger partial charge in [0, 0.05) is 6.42 Å². The molecule has 1 rings (SSSR count).